The molecule has 0 aliphatic rings. The van der Waals surface area contributed by atoms with E-state index >= 15 is 0 Å². The van der Waals surface area contributed by atoms with Gasteiger partial charge in [-0.3, -0.25) is 14.5 Å². The molecule has 0 atom stereocenters. The summed E-state index contributed by atoms with van der Waals surface area (Å²) in [5.74, 6) is -0.933. The number of rotatable bonds is 7. The zero-order chi connectivity index (χ0) is 11.0. The van der Waals surface area contributed by atoms with E-state index in [1.165, 1.54) is 4.90 Å². The Balaban J connectivity index is 4.09. The fourth-order valence-electron chi connectivity index (χ4n) is 0.867. The third-order valence-electron chi connectivity index (χ3n) is 1.45. The van der Waals surface area contributed by atoms with E-state index in [1.807, 2.05) is 0 Å². The molecule has 0 amide bonds. The number of aliphatic hydroxyl groups excluding tert-OH is 2. The third kappa shape index (κ3) is 5.37. The summed E-state index contributed by atoms with van der Waals surface area (Å²) < 4.78 is 0. The Bertz CT molecular complexity index is 228. The highest BCUT2D eigenvalue weighted by Crippen LogP contribution is 1.89. The molecule has 0 rings (SSSR count). The molecule has 0 saturated heterocycles. The molecule has 0 aromatic heterocycles. The zero-order valence-corrected chi connectivity index (χ0v) is 7.64. The fourth-order valence-corrected chi connectivity index (χ4v) is 0.867. The fraction of sp³-hybridized carbons (Fsp3) is 0.625. The van der Waals surface area contributed by atoms with Crippen LogP contribution in [-0.2, 0) is 9.59 Å². The quantitative estimate of drug-likeness (QED) is 0.458. The van der Waals surface area contributed by atoms with Gasteiger partial charge in [0, 0.05) is 0 Å². The maximum Gasteiger partial charge on any atom is 0.172 e. The highest BCUT2D eigenvalue weighted by atomic mass is 16.3. The van der Waals surface area contributed by atoms with Crippen molar-refractivity contribution in [3.05, 3.63) is 0 Å². The monoisotopic (exact) mass is 200 g/mol. The molecule has 0 aliphatic heterocycles. The Labute approximate surface area is 81.4 Å². The molecule has 0 spiro atoms. The topological polar surface area (TPSA) is 102 Å². The van der Waals surface area contributed by atoms with Crippen LogP contribution in [0.1, 0.15) is 0 Å². The van der Waals surface area contributed by atoms with Gasteiger partial charge in [-0.15, -0.1) is 0 Å². The van der Waals surface area contributed by atoms with E-state index in [2.05, 4.69) is 0 Å². The average molecular weight is 200 g/mol. The summed E-state index contributed by atoms with van der Waals surface area (Å²) in [6, 6.07) is 1.78. The largest absolute Gasteiger partial charge is 0.389 e. The Morgan fingerprint density at radius 1 is 1.14 bits per heavy atom. The second kappa shape index (κ2) is 7.15. The second-order valence-electron chi connectivity index (χ2n) is 2.70. The highest BCUT2D eigenvalue weighted by molar-refractivity contribution is 5.84. The first-order valence-corrected chi connectivity index (χ1v) is 3.98. The van der Waals surface area contributed by atoms with Gasteiger partial charge in [0.25, 0.3) is 0 Å². The lowest BCUT2D eigenvalue weighted by Gasteiger charge is -2.15. The standard InChI is InChI=1S/C8H12N2O4/c9-1-2-10(3-7(13)5-11)4-8(14)6-12/h11-12H,2-6H2. The van der Waals surface area contributed by atoms with Crippen molar-refractivity contribution in [1.82, 2.24) is 4.90 Å². The van der Waals surface area contributed by atoms with Crippen molar-refractivity contribution in [2.45, 2.75) is 0 Å². The van der Waals surface area contributed by atoms with E-state index in [1.54, 1.807) is 6.07 Å². The van der Waals surface area contributed by atoms with Crippen molar-refractivity contribution >= 4 is 11.6 Å². The van der Waals surface area contributed by atoms with Crippen molar-refractivity contribution < 1.29 is 19.8 Å². The smallest absolute Gasteiger partial charge is 0.172 e. The molecular formula is C8H12N2O4. The lowest BCUT2D eigenvalue weighted by atomic mass is 10.3. The molecule has 0 unspecified atom stereocenters. The van der Waals surface area contributed by atoms with Crippen LogP contribution in [0.25, 0.3) is 0 Å². The van der Waals surface area contributed by atoms with E-state index in [-0.39, 0.29) is 19.6 Å². The predicted molar refractivity (Wildman–Crippen MR) is 46.2 cm³/mol. The Hall–Kier alpha value is -1.29. The molecule has 14 heavy (non-hydrogen) atoms. The lowest BCUT2D eigenvalue weighted by molar-refractivity contribution is -0.125. The van der Waals surface area contributed by atoms with Crippen LogP contribution in [0.4, 0.5) is 0 Å². The van der Waals surface area contributed by atoms with Crippen molar-refractivity contribution in [3.8, 4) is 6.07 Å². The number of Topliss-reactive ketones (excluding diaryl/α,β-unsaturated/α-hetero) is 2. The van der Waals surface area contributed by atoms with Crippen molar-refractivity contribution in [2.75, 3.05) is 32.8 Å². The van der Waals surface area contributed by atoms with Crippen LogP contribution in [0.5, 0.6) is 0 Å². The number of aliphatic hydroxyl groups is 2. The molecular weight excluding hydrogens is 188 g/mol. The summed E-state index contributed by atoms with van der Waals surface area (Å²) in [7, 11) is 0. The van der Waals surface area contributed by atoms with Gasteiger partial charge in [-0.05, 0) is 0 Å². The maximum atomic E-state index is 10.8. The van der Waals surface area contributed by atoms with Crippen LogP contribution >= 0.6 is 0 Å². The molecule has 6 heteroatoms. The van der Waals surface area contributed by atoms with E-state index in [0.717, 1.165) is 0 Å². The van der Waals surface area contributed by atoms with Crippen LogP contribution in [0, 0.1) is 11.3 Å². The normalized spacial score (nSPS) is 9.86. The Morgan fingerprint density at radius 3 is 1.86 bits per heavy atom. The number of hydrogen-bond acceptors (Lipinski definition) is 6. The molecule has 0 saturated carbocycles. The van der Waals surface area contributed by atoms with Gasteiger partial charge >= 0.3 is 0 Å². The molecule has 0 fully saturated rings. The number of carbonyl (C=O) groups is 2. The van der Waals surface area contributed by atoms with Gasteiger partial charge in [0.05, 0.1) is 25.7 Å². The number of hydrogen-bond donors (Lipinski definition) is 2. The number of nitriles is 1. The molecule has 0 aliphatic carbocycles. The first-order valence-electron chi connectivity index (χ1n) is 3.98. The predicted octanol–water partition coefficient (Wildman–Crippen LogP) is -2.07. The van der Waals surface area contributed by atoms with Crippen LogP contribution in [0.3, 0.4) is 0 Å². The molecule has 0 bridgehead atoms. The lowest BCUT2D eigenvalue weighted by Crippen LogP contribution is -2.36. The average Bonchev–Trinajstić information content (AvgIpc) is 2.17. The Morgan fingerprint density at radius 2 is 1.57 bits per heavy atom. The summed E-state index contributed by atoms with van der Waals surface area (Å²) in [6.45, 7) is -1.63. The minimum atomic E-state index is -0.616. The van der Waals surface area contributed by atoms with Crippen LogP contribution < -0.4 is 0 Å². The first-order chi connectivity index (χ1) is 6.63. The molecule has 0 heterocycles. The SMILES string of the molecule is N#CCN(CC(=O)CO)CC(=O)CO. The van der Waals surface area contributed by atoms with Crippen molar-refractivity contribution in [3.63, 3.8) is 0 Å². The number of nitrogens with zero attached hydrogens (tertiary/aromatic N) is 2. The summed E-state index contributed by atoms with van der Waals surface area (Å²) in [6.07, 6.45) is 0. The number of ketones is 2. The summed E-state index contributed by atoms with van der Waals surface area (Å²) in [4.78, 5) is 22.8. The molecule has 0 aromatic rings. The van der Waals surface area contributed by atoms with Gasteiger partial charge in [0.1, 0.15) is 13.2 Å². The molecule has 78 valence electrons. The minimum Gasteiger partial charge on any atom is -0.389 e. The van der Waals surface area contributed by atoms with E-state index < -0.39 is 24.8 Å². The summed E-state index contributed by atoms with van der Waals surface area (Å²) in [5.41, 5.74) is 0. The molecule has 6 nitrogen and oxygen atoms in total. The van der Waals surface area contributed by atoms with Gasteiger partial charge in [-0.25, -0.2) is 0 Å². The van der Waals surface area contributed by atoms with Gasteiger partial charge in [-0.1, -0.05) is 0 Å². The van der Waals surface area contributed by atoms with Gasteiger partial charge in [0.2, 0.25) is 0 Å². The van der Waals surface area contributed by atoms with Gasteiger partial charge in [-0.2, -0.15) is 5.26 Å². The molecule has 0 radical (unpaired) electrons. The summed E-state index contributed by atoms with van der Waals surface area (Å²) in [5, 5.41) is 25.3. The van der Waals surface area contributed by atoms with Crippen LogP contribution in [0.15, 0.2) is 0 Å². The van der Waals surface area contributed by atoms with Crippen molar-refractivity contribution in [2.24, 2.45) is 0 Å². The van der Waals surface area contributed by atoms with Crippen molar-refractivity contribution in [1.29, 1.82) is 5.26 Å². The minimum absolute atomic E-state index is 0.0858. The van der Waals surface area contributed by atoms with E-state index in [0.29, 0.717) is 0 Å². The third-order valence-corrected chi connectivity index (χ3v) is 1.45. The van der Waals surface area contributed by atoms with Gasteiger partial charge < -0.3 is 10.2 Å². The van der Waals surface area contributed by atoms with Crippen LogP contribution in [-0.4, -0.2) is 59.5 Å². The van der Waals surface area contributed by atoms with Gasteiger partial charge in [0.15, 0.2) is 11.6 Å². The molecule has 0 aromatic carbocycles. The summed E-state index contributed by atoms with van der Waals surface area (Å²) >= 11 is 0. The zero-order valence-electron chi connectivity index (χ0n) is 7.64. The number of carbonyl (C=O) groups excluding carboxylic acids is 2. The Kier molecular flexibility index (Phi) is 6.49. The maximum absolute atomic E-state index is 10.8. The van der Waals surface area contributed by atoms with E-state index in [4.69, 9.17) is 15.5 Å². The molecule has 2 N–H and O–H groups in total. The first kappa shape index (κ1) is 12.7. The highest BCUT2D eigenvalue weighted by Gasteiger charge is 2.12. The van der Waals surface area contributed by atoms with Crippen LogP contribution in [0.2, 0.25) is 0 Å². The van der Waals surface area contributed by atoms with E-state index in [9.17, 15) is 9.59 Å². The second-order valence-corrected chi connectivity index (χ2v) is 2.70.